The summed E-state index contributed by atoms with van der Waals surface area (Å²) in [6.45, 7) is 1.95. The van der Waals surface area contributed by atoms with Crippen LogP contribution in [0.5, 0.6) is 0 Å². The molecule has 1 amide bonds. The number of hydrogen-bond donors (Lipinski definition) is 1. The molecule has 0 bridgehead atoms. The molecule has 1 aromatic heterocycles. The second kappa shape index (κ2) is 6.51. The van der Waals surface area contributed by atoms with E-state index in [0.717, 1.165) is 24.1 Å². The Kier molecular flexibility index (Phi) is 4.32. The number of sulfone groups is 1. The molecule has 4 rings (SSSR count). The zero-order chi connectivity index (χ0) is 18.3. The SMILES string of the molecule is CS(=O)(=O)c1ccc(CN2Cc3ccnn3[C@@H](C(=O)NC3CC3)C2)cc1. The Morgan fingerprint density at radius 3 is 2.62 bits per heavy atom. The summed E-state index contributed by atoms with van der Waals surface area (Å²) in [6, 6.07) is 8.87. The van der Waals surface area contributed by atoms with Crippen molar-refractivity contribution in [2.24, 2.45) is 0 Å². The van der Waals surface area contributed by atoms with Crippen molar-refractivity contribution in [3.05, 3.63) is 47.8 Å². The number of rotatable bonds is 5. The molecular formula is C18H22N4O3S. The lowest BCUT2D eigenvalue weighted by Gasteiger charge is -2.33. The summed E-state index contributed by atoms with van der Waals surface area (Å²) < 4.78 is 25.0. The molecule has 1 N–H and O–H groups in total. The van der Waals surface area contributed by atoms with E-state index in [2.05, 4.69) is 15.3 Å². The monoisotopic (exact) mass is 374 g/mol. The lowest BCUT2D eigenvalue weighted by atomic mass is 10.1. The Balaban J connectivity index is 1.50. The zero-order valence-electron chi connectivity index (χ0n) is 14.6. The van der Waals surface area contributed by atoms with Crippen LogP contribution in [0.1, 0.15) is 30.1 Å². The molecule has 7 nitrogen and oxygen atoms in total. The molecule has 0 spiro atoms. The van der Waals surface area contributed by atoms with Gasteiger partial charge in [0.2, 0.25) is 5.91 Å². The van der Waals surface area contributed by atoms with Crippen molar-refractivity contribution in [3.63, 3.8) is 0 Å². The van der Waals surface area contributed by atoms with Crippen LogP contribution in [0, 0.1) is 0 Å². The molecule has 1 atom stereocenters. The molecule has 8 heteroatoms. The van der Waals surface area contributed by atoms with Crippen LogP contribution in [0.25, 0.3) is 0 Å². The first kappa shape index (κ1) is 17.2. The van der Waals surface area contributed by atoms with E-state index >= 15 is 0 Å². The first-order chi connectivity index (χ1) is 12.4. The van der Waals surface area contributed by atoms with Crippen molar-refractivity contribution in [2.45, 2.75) is 42.9 Å². The summed E-state index contributed by atoms with van der Waals surface area (Å²) in [5.41, 5.74) is 2.03. The van der Waals surface area contributed by atoms with Gasteiger partial charge in [0.15, 0.2) is 9.84 Å². The highest BCUT2D eigenvalue weighted by atomic mass is 32.2. The second-order valence-corrected chi connectivity index (χ2v) is 9.17. The number of carbonyl (C=O) groups excluding carboxylic acids is 1. The van der Waals surface area contributed by atoms with Crippen molar-refractivity contribution < 1.29 is 13.2 Å². The number of aromatic nitrogens is 2. The van der Waals surface area contributed by atoms with Gasteiger partial charge in [-0.15, -0.1) is 0 Å². The van der Waals surface area contributed by atoms with Gasteiger partial charge in [-0.2, -0.15) is 5.10 Å². The number of nitrogens with zero attached hydrogens (tertiary/aromatic N) is 3. The Bertz CT molecular complexity index is 916. The Labute approximate surface area is 152 Å². The van der Waals surface area contributed by atoms with E-state index in [4.69, 9.17) is 0 Å². The van der Waals surface area contributed by atoms with Crippen LogP contribution in [0.3, 0.4) is 0 Å². The number of amides is 1. The average molecular weight is 374 g/mol. The summed E-state index contributed by atoms with van der Waals surface area (Å²) in [5.74, 6) is 0.0228. The number of nitrogens with one attached hydrogen (secondary N) is 1. The fraction of sp³-hybridized carbons (Fsp3) is 0.444. The van der Waals surface area contributed by atoms with Crippen molar-refractivity contribution >= 4 is 15.7 Å². The lowest BCUT2D eigenvalue weighted by Crippen LogP contribution is -2.45. The van der Waals surface area contributed by atoms with Crippen molar-refractivity contribution in [2.75, 3.05) is 12.8 Å². The molecule has 0 saturated heterocycles. The molecule has 2 heterocycles. The van der Waals surface area contributed by atoms with Crippen molar-refractivity contribution in [3.8, 4) is 0 Å². The third-order valence-corrected chi connectivity index (χ3v) is 5.98. The maximum atomic E-state index is 12.6. The van der Waals surface area contributed by atoms with E-state index in [-0.39, 0.29) is 11.9 Å². The number of carbonyl (C=O) groups is 1. The van der Waals surface area contributed by atoms with Gasteiger partial charge in [0.05, 0.1) is 10.6 Å². The Morgan fingerprint density at radius 2 is 1.96 bits per heavy atom. The minimum absolute atomic E-state index is 0.0228. The van der Waals surface area contributed by atoms with Gasteiger partial charge in [-0.3, -0.25) is 14.4 Å². The van der Waals surface area contributed by atoms with E-state index in [1.807, 2.05) is 22.9 Å². The van der Waals surface area contributed by atoms with Gasteiger partial charge in [0.25, 0.3) is 0 Å². The quantitative estimate of drug-likeness (QED) is 0.848. The molecular weight excluding hydrogens is 352 g/mol. The molecule has 138 valence electrons. The van der Waals surface area contributed by atoms with Crippen molar-refractivity contribution in [1.29, 1.82) is 0 Å². The summed E-state index contributed by atoms with van der Waals surface area (Å²) >= 11 is 0. The first-order valence-electron chi connectivity index (χ1n) is 8.74. The molecule has 0 radical (unpaired) electrons. The van der Waals surface area contributed by atoms with Gasteiger partial charge in [-0.25, -0.2) is 8.42 Å². The molecule has 1 saturated carbocycles. The second-order valence-electron chi connectivity index (χ2n) is 7.15. The van der Waals surface area contributed by atoms with Gasteiger partial charge in [-0.05, 0) is 36.6 Å². The normalized spacial score (nSPS) is 20.6. The first-order valence-corrected chi connectivity index (χ1v) is 10.6. The zero-order valence-corrected chi connectivity index (χ0v) is 15.4. The highest BCUT2D eigenvalue weighted by Gasteiger charge is 2.33. The van der Waals surface area contributed by atoms with Crippen LogP contribution in [-0.4, -0.2) is 47.8 Å². The van der Waals surface area contributed by atoms with Crippen LogP contribution >= 0.6 is 0 Å². The lowest BCUT2D eigenvalue weighted by molar-refractivity contribution is -0.126. The predicted octanol–water partition coefficient (Wildman–Crippen LogP) is 1.12. The fourth-order valence-corrected chi connectivity index (χ4v) is 3.93. The maximum Gasteiger partial charge on any atom is 0.246 e. The van der Waals surface area contributed by atoms with Crippen LogP contribution in [0.2, 0.25) is 0 Å². The van der Waals surface area contributed by atoms with Gasteiger partial charge in [-0.1, -0.05) is 12.1 Å². The number of hydrogen-bond acceptors (Lipinski definition) is 5. The van der Waals surface area contributed by atoms with Gasteiger partial charge < -0.3 is 5.32 Å². The van der Waals surface area contributed by atoms with Crippen LogP contribution in [0.4, 0.5) is 0 Å². The van der Waals surface area contributed by atoms with Gasteiger partial charge in [0, 0.05) is 38.1 Å². The molecule has 26 heavy (non-hydrogen) atoms. The molecule has 0 unspecified atom stereocenters. The van der Waals surface area contributed by atoms with Crippen molar-refractivity contribution in [1.82, 2.24) is 20.0 Å². The Hall–Kier alpha value is -2.19. The average Bonchev–Trinajstić information content (AvgIpc) is 3.27. The van der Waals surface area contributed by atoms with E-state index in [1.54, 1.807) is 18.3 Å². The summed E-state index contributed by atoms with van der Waals surface area (Å²) in [7, 11) is -3.19. The minimum atomic E-state index is -3.19. The van der Waals surface area contributed by atoms with E-state index in [1.165, 1.54) is 6.26 Å². The maximum absolute atomic E-state index is 12.6. The van der Waals surface area contributed by atoms with E-state index in [0.29, 0.717) is 30.6 Å². The molecule has 1 aliphatic carbocycles. The highest BCUT2D eigenvalue weighted by molar-refractivity contribution is 7.90. The third-order valence-electron chi connectivity index (χ3n) is 4.85. The largest absolute Gasteiger partial charge is 0.351 e. The smallest absolute Gasteiger partial charge is 0.246 e. The summed E-state index contributed by atoms with van der Waals surface area (Å²) in [4.78, 5) is 15.1. The summed E-state index contributed by atoms with van der Waals surface area (Å²) in [5, 5.41) is 7.40. The Morgan fingerprint density at radius 1 is 1.23 bits per heavy atom. The number of benzene rings is 1. The van der Waals surface area contributed by atoms with E-state index < -0.39 is 9.84 Å². The molecule has 1 aliphatic heterocycles. The predicted molar refractivity (Wildman–Crippen MR) is 96.1 cm³/mol. The summed E-state index contributed by atoms with van der Waals surface area (Å²) in [6.07, 6.45) is 5.05. The van der Waals surface area contributed by atoms with E-state index in [9.17, 15) is 13.2 Å². The topological polar surface area (TPSA) is 84.3 Å². The van der Waals surface area contributed by atoms with Crippen LogP contribution in [-0.2, 0) is 27.7 Å². The van der Waals surface area contributed by atoms with Crippen LogP contribution in [0.15, 0.2) is 41.4 Å². The fourth-order valence-electron chi connectivity index (χ4n) is 3.30. The standard InChI is InChI=1S/C18H22N4O3S/c1-26(24,25)16-6-2-13(3-7-16)10-21-11-15-8-9-19-22(15)17(12-21)18(23)20-14-4-5-14/h2-3,6-9,14,17H,4-5,10-12H2,1H3,(H,20,23)/t17-/m1/s1. The van der Waals surface area contributed by atoms with Gasteiger partial charge in [0.1, 0.15) is 6.04 Å². The van der Waals surface area contributed by atoms with Gasteiger partial charge >= 0.3 is 0 Å². The highest BCUT2D eigenvalue weighted by Crippen LogP contribution is 2.25. The molecule has 2 aliphatic rings. The molecule has 1 aromatic carbocycles. The molecule has 2 aromatic rings. The number of fused-ring (bicyclic) bond motifs is 1. The van der Waals surface area contributed by atoms with Crippen LogP contribution < -0.4 is 5.32 Å². The molecule has 1 fully saturated rings. The minimum Gasteiger partial charge on any atom is -0.351 e. The third kappa shape index (κ3) is 3.66.